The van der Waals surface area contributed by atoms with Gasteiger partial charge in [-0.3, -0.25) is 4.79 Å². The fraction of sp³-hybridized carbons (Fsp3) is 0.429. The summed E-state index contributed by atoms with van der Waals surface area (Å²) >= 11 is 0. The summed E-state index contributed by atoms with van der Waals surface area (Å²) in [6.07, 6.45) is 2.39. The van der Waals surface area contributed by atoms with E-state index < -0.39 is 5.60 Å². The van der Waals surface area contributed by atoms with E-state index in [-0.39, 0.29) is 6.04 Å². The summed E-state index contributed by atoms with van der Waals surface area (Å²) in [5.41, 5.74) is 2.10. The molecule has 0 bridgehead atoms. The van der Waals surface area contributed by atoms with E-state index in [1.807, 2.05) is 24.3 Å². The number of aliphatic hydroxyl groups is 1. The molecule has 3 heterocycles. The summed E-state index contributed by atoms with van der Waals surface area (Å²) in [6, 6.07) is 7.63. The standard InChI is InChI=1S/C21H26N6O3/c1-14-11-30-9-8-26(14)20-24-18(15-4-6-16(7-5-15)22-13-28)17-10-23-27(19(17)25-20)12-21(2,3)29/h4-7,10,13-14,29H,8-9,11-12H2,1-3H3,(H,22,28)/t14-/m1/s1. The molecular formula is C21H26N6O3. The van der Waals surface area contributed by atoms with Crippen LogP contribution in [0.15, 0.2) is 30.5 Å². The predicted octanol–water partition coefficient (Wildman–Crippen LogP) is 2.06. The molecule has 2 aromatic heterocycles. The van der Waals surface area contributed by atoms with Crippen LogP contribution in [0.2, 0.25) is 0 Å². The fourth-order valence-corrected chi connectivity index (χ4v) is 3.59. The summed E-state index contributed by atoms with van der Waals surface area (Å²) in [7, 11) is 0. The Hall–Kier alpha value is -3.04. The first-order valence-corrected chi connectivity index (χ1v) is 9.97. The Morgan fingerprint density at radius 2 is 2.07 bits per heavy atom. The Kier molecular flexibility index (Phi) is 5.40. The maximum absolute atomic E-state index is 10.7. The van der Waals surface area contributed by atoms with Crippen LogP contribution >= 0.6 is 0 Å². The van der Waals surface area contributed by atoms with Crippen molar-refractivity contribution in [3.63, 3.8) is 0 Å². The molecule has 1 aliphatic rings. The highest BCUT2D eigenvalue weighted by atomic mass is 16.5. The van der Waals surface area contributed by atoms with E-state index in [0.29, 0.717) is 50.0 Å². The Bertz CT molecular complexity index is 1040. The smallest absolute Gasteiger partial charge is 0.228 e. The first-order valence-electron chi connectivity index (χ1n) is 9.97. The van der Waals surface area contributed by atoms with Gasteiger partial charge in [0.15, 0.2) is 5.65 Å². The molecular weight excluding hydrogens is 384 g/mol. The van der Waals surface area contributed by atoms with Gasteiger partial charge in [-0.2, -0.15) is 10.1 Å². The second-order valence-corrected chi connectivity index (χ2v) is 8.18. The summed E-state index contributed by atoms with van der Waals surface area (Å²) in [6.45, 7) is 7.82. The van der Waals surface area contributed by atoms with E-state index >= 15 is 0 Å². The monoisotopic (exact) mass is 410 g/mol. The number of nitrogens with zero attached hydrogens (tertiary/aromatic N) is 5. The number of amides is 1. The molecule has 1 atom stereocenters. The maximum atomic E-state index is 10.7. The van der Waals surface area contributed by atoms with Crippen molar-refractivity contribution in [1.82, 2.24) is 19.7 Å². The van der Waals surface area contributed by atoms with E-state index in [2.05, 4.69) is 22.2 Å². The molecule has 1 aromatic carbocycles. The Morgan fingerprint density at radius 3 is 2.73 bits per heavy atom. The molecule has 1 saturated heterocycles. The van der Waals surface area contributed by atoms with Crippen LogP contribution in [0.3, 0.4) is 0 Å². The molecule has 0 spiro atoms. The van der Waals surface area contributed by atoms with Gasteiger partial charge in [0.05, 0.1) is 48.7 Å². The highest BCUT2D eigenvalue weighted by Gasteiger charge is 2.25. The van der Waals surface area contributed by atoms with Crippen LogP contribution in [-0.4, -0.2) is 62.7 Å². The number of aromatic nitrogens is 4. The van der Waals surface area contributed by atoms with Gasteiger partial charge in [0.2, 0.25) is 12.4 Å². The van der Waals surface area contributed by atoms with Gasteiger partial charge >= 0.3 is 0 Å². The van der Waals surface area contributed by atoms with Gasteiger partial charge in [0, 0.05) is 17.8 Å². The van der Waals surface area contributed by atoms with Crippen molar-refractivity contribution >= 4 is 29.1 Å². The molecule has 4 rings (SSSR count). The average Bonchev–Trinajstić information content (AvgIpc) is 3.10. The summed E-state index contributed by atoms with van der Waals surface area (Å²) < 4.78 is 7.28. The number of morpholine rings is 1. The minimum atomic E-state index is -0.932. The third kappa shape index (κ3) is 4.12. The van der Waals surface area contributed by atoms with E-state index in [4.69, 9.17) is 14.7 Å². The number of carbonyl (C=O) groups excluding carboxylic acids is 1. The van der Waals surface area contributed by atoms with E-state index in [0.717, 1.165) is 16.6 Å². The lowest BCUT2D eigenvalue weighted by Gasteiger charge is -2.33. The van der Waals surface area contributed by atoms with Gasteiger partial charge in [-0.25, -0.2) is 9.67 Å². The molecule has 1 aliphatic heterocycles. The number of hydrogen-bond acceptors (Lipinski definition) is 7. The number of ether oxygens (including phenoxy) is 1. The van der Waals surface area contributed by atoms with Crippen LogP contribution in [0.4, 0.5) is 11.6 Å². The zero-order valence-corrected chi connectivity index (χ0v) is 17.4. The highest BCUT2D eigenvalue weighted by molar-refractivity contribution is 5.91. The number of hydrogen-bond donors (Lipinski definition) is 2. The van der Waals surface area contributed by atoms with E-state index in [1.54, 1.807) is 24.7 Å². The van der Waals surface area contributed by atoms with Crippen molar-refractivity contribution in [3.8, 4) is 11.3 Å². The van der Waals surface area contributed by atoms with Crippen molar-refractivity contribution in [2.75, 3.05) is 30.0 Å². The van der Waals surface area contributed by atoms with Gasteiger partial charge in [0.1, 0.15) is 0 Å². The summed E-state index contributed by atoms with van der Waals surface area (Å²) in [4.78, 5) is 22.5. The number of nitrogens with one attached hydrogen (secondary N) is 1. The van der Waals surface area contributed by atoms with Crippen molar-refractivity contribution < 1.29 is 14.6 Å². The molecule has 9 nitrogen and oxygen atoms in total. The van der Waals surface area contributed by atoms with Gasteiger partial charge < -0.3 is 20.1 Å². The second kappa shape index (κ2) is 8.00. The normalized spacial score (nSPS) is 17.3. The minimum Gasteiger partial charge on any atom is -0.389 e. The third-order valence-corrected chi connectivity index (χ3v) is 5.03. The molecule has 0 radical (unpaired) electrons. The van der Waals surface area contributed by atoms with Crippen LogP contribution in [0, 0.1) is 0 Å². The van der Waals surface area contributed by atoms with Crippen molar-refractivity contribution in [3.05, 3.63) is 30.5 Å². The topological polar surface area (TPSA) is 105 Å². The van der Waals surface area contributed by atoms with Crippen LogP contribution in [0.5, 0.6) is 0 Å². The molecule has 1 fully saturated rings. The Labute approximate surface area is 174 Å². The number of benzene rings is 1. The predicted molar refractivity (Wildman–Crippen MR) is 114 cm³/mol. The van der Waals surface area contributed by atoms with Crippen LogP contribution in [-0.2, 0) is 16.1 Å². The van der Waals surface area contributed by atoms with E-state index in [9.17, 15) is 9.90 Å². The zero-order chi connectivity index (χ0) is 21.3. The molecule has 0 aliphatic carbocycles. The lowest BCUT2D eigenvalue weighted by atomic mass is 10.1. The molecule has 2 N–H and O–H groups in total. The number of rotatable bonds is 6. The molecule has 3 aromatic rings. The lowest BCUT2D eigenvalue weighted by Crippen LogP contribution is -2.44. The average molecular weight is 410 g/mol. The van der Waals surface area contributed by atoms with Crippen molar-refractivity contribution in [1.29, 1.82) is 0 Å². The zero-order valence-electron chi connectivity index (χ0n) is 17.4. The maximum Gasteiger partial charge on any atom is 0.228 e. The van der Waals surface area contributed by atoms with Crippen LogP contribution < -0.4 is 10.2 Å². The SMILES string of the molecule is C[C@@H]1COCCN1c1nc(-c2ccc(NC=O)cc2)c2cnn(CC(C)(C)O)c2n1. The minimum absolute atomic E-state index is 0.147. The van der Waals surface area contributed by atoms with Gasteiger partial charge in [-0.15, -0.1) is 0 Å². The number of carbonyl (C=O) groups is 1. The van der Waals surface area contributed by atoms with Crippen LogP contribution in [0.1, 0.15) is 20.8 Å². The molecule has 0 unspecified atom stereocenters. The van der Waals surface area contributed by atoms with Crippen LogP contribution in [0.25, 0.3) is 22.3 Å². The Morgan fingerprint density at radius 1 is 1.30 bits per heavy atom. The Balaban J connectivity index is 1.85. The van der Waals surface area contributed by atoms with E-state index in [1.165, 1.54) is 0 Å². The quantitative estimate of drug-likeness (QED) is 0.599. The molecule has 9 heteroatoms. The molecule has 1 amide bonds. The number of fused-ring (bicyclic) bond motifs is 1. The van der Waals surface area contributed by atoms with Crippen molar-refractivity contribution in [2.45, 2.75) is 39.0 Å². The first kappa shape index (κ1) is 20.2. The third-order valence-electron chi connectivity index (χ3n) is 5.03. The van der Waals surface area contributed by atoms with Crippen molar-refractivity contribution in [2.24, 2.45) is 0 Å². The second-order valence-electron chi connectivity index (χ2n) is 8.18. The fourth-order valence-electron chi connectivity index (χ4n) is 3.59. The first-order chi connectivity index (χ1) is 14.4. The van der Waals surface area contributed by atoms with Gasteiger partial charge in [-0.1, -0.05) is 12.1 Å². The lowest BCUT2D eigenvalue weighted by molar-refractivity contribution is -0.105. The molecule has 0 saturated carbocycles. The van der Waals surface area contributed by atoms with Gasteiger partial charge in [0.25, 0.3) is 0 Å². The molecule has 30 heavy (non-hydrogen) atoms. The molecule has 158 valence electrons. The largest absolute Gasteiger partial charge is 0.389 e. The summed E-state index contributed by atoms with van der Waals surface area (Å²) in [5, 5.41) is 18.2. The van der Waals surface area contributed by atoms with Gasteiger partial charge in [-0.05, 0) is 32.9 Å². The number of anilines is 2. The highest BCUT2D eigenvalue weighted by Crippen LogP contribution is 2.30. The summed E-state index contributed by atoms with van der Waals surface area (Å²) in [5.74, 6) is 0.612.